The van der Waals surface area contributed by atoms with Gasteiger partial charge in [-0.3, -0.25) is 0 Å². The van der Waals surface area contributed by atoms with Crippen LogP contribution in [-0.4, -0.2) is 11.5 Å². The van der Waals surface area contributed by atoms with Gasteiger partial charge in [0.25, 0.3) is 0 Å². The van der Waals surface area contributed by atoms with Crippen molar-refractivity contribution in [3.63, 3.8) is 0 Å². The molecular weight excluding hydrogens is 191 g/mol. The molecule has 0 spiro atoms. The Kier molecular flexibility index (Phi) is 5.17. The number of ether oxygens (including phenoxy) is 1. The van der Waals surface area contributed by atoms with E-state index in [1.54, 1.807) is 7.11 Å². The van der Waals surface area contributed by atoms with Crippen molar-refractivity contribution in [1.29, 1.82) is 0 Å². The second kappa shape index (κ2) is 5.09. The van der Waals surface area contributed by atoms with E-state index in [4.69, 9.17) is 0 Å². The maximum Gasteiger partial charge on any atom is 0.110 e. The SMILES string of the molecule is COC#CCI. The van der Waals surface area contributed by atoms with Crippen LogP contribution in [0, 0.1) is 12.0 Å². The zero-order valence-electron chi connectivity index (χ0n) is 3.49. The molecule has 0 aromatic carbocycles. The molecule has 0 saturated carbocycles. The van der Waals surface area contributed by atoms with Crippen LogP contribution in [0.15, 0.2) is 0 Å². The number of hydrogen-bond acceptors (Lipinski definition) is 1. The summed E-state index contributed by atoms with van der Waals surface area (Å²) in [6.07, 6.45) is 2.44. The van der Waals surface area contributed by atoms with E-state index in [2.05, 4.69) is 39.4 Å². The van der Waals surface area contributed by atoms with Gasteiger partial charge in [-0.05, 0) is 5.92 Å². The van der Waals surface area contributed by atoms with Crippen molar-refractivity contribution in [2.45, 2.75) is 0 Å². The molecule has 6 heavy (non-hydrogen) atoms. The van der Waals surface area contributed by atoms with Gasteiger partial charge in [0.2, 0.25) is 0 Å². The molecule has 0 atom stereocenters. The topological polar surface area (TPSA) is 9.23 Å². The molecule has 0 fully saturated rings. The van der Waals surface area contributed by atoms with Crippen LogP contribution in [-0.2, 0) is 4.74 Å². The van der Waals surface area contributed by atoms with Gasteiger partial charge < -0.3 is 4.74 Å². The van der Waals surface area contributed by atoms with E-state index < -0.39 is 0 Å². The smallest absolute Gasteiger partial charge is 0.110 e. The summed E-state index contributed by atoms with van der Waals surface area (Å²) in [5.41, 5.74) is 0. The number of methoxy groups -OCH3 is 1. The van der Waals surface area contributed by atoms with Crippen LogP contribution in [0.5, 0.6) is 0 Å². The van der Waals surface area contributed by atoms with Crippen molar-refractivity contribution >= 4 is 22.6 Å². The highest BCUT2D eigenvalue weighted by atomic mass is 127. The van der Waals surface area contributed by atoms with Gasteiger partial charge in [0.15, 0.2) is 0 Å². The van der Waals surface area contributed by atoms with Crippen LogP contribution in [0.4, 0.5) is 0 Å². The Bertz CT molecular complexity index is 61.4. The molecule has 0 aromatic rings. The molecule has 0 heterocycles. The Labute approximate surface area is 51.2 Å². The lowest BCUT2D eigenvalue weighted by molar-refractivity contribution is 0.372. The lowest BCUT2D eigenvalue weighted by atomic mass is 10.8. The molecule has 0 N–H and O–H groups in total. The largest absolute Gasteiger partial charge is 0.450 e. The average Bonchev–Trinajstić information content (AvgIpc) is 1.61. The standard InChI is InChI=1S/C4H5IO/c1-6-4-2-3-5/h3H2,1H3. The number of rotatable bonds is 0. The second-order valence-corrected chi connectivity index (χ2v) is 1.38. The summed E-state index contributed by atoms with van der Waals surface area (Å²) in [6.45, 7) is 0. The molecule has 0 aliphatic rings. The lowest BCUT2D eigenvalue weighted by Gasteiger charge is -1.71. The molecule has 0 bridgehead atoms. The molecule has 1 nitrogen and oxygen atoms in total. The molecule has 0 aliphatic heterocycles. The van der Waals surface area contributed by atoms with E-state index in [9.17, 15) is 0 Å². The van der Waals surface area contributed by atoms with Gasteiger partial charge >= 0.3 is 0 Å². The predicted molar refractivity (Wildman–Crippen MR) is 33.7 cm³/mol. The highest BCUT2D eigenvalue weighted by molar-refractivity contribution is 14.1. The summed E-state index contributed by atoms with van der Waals surface area (Å²) >= 11 is 2.16. The number of halogens is 1. The molecule has 0 unspecified atom stereocenters. The van der Waals surface area contributed by atoms with Crippen molar-refractivity contribution in [1.82, 2.24) is 0 Å². The van der Waals surface area contributed by atoms with Crippen molar-refractivity contribution in [2.24, 2.45) is 0 Å². The maximum atomic E-state index is 4.42. The minimum absolute atomic E-state index is 0.839. The fraction of sp³-hybridized carbons (Fsp3) is 0.500. The van der Waals surface area contributed by atoms with E-state index in [1.807, 2.05) is 0 Å². The van der Waals surface area contributed by atoms with E-state index in [0.29, 0.717) is 0 Å². The van der Waals surface area contributed by atoms with Crippen LogP contribution in [0.3, 0.4) is 0 Å². The van der Waals surface area contributed by atoms with Crippen LogP contribution in [0.25, 0.3) is 0 Å². The van der Waals surface area contributed by atoms with Gasteiger partial charge in [0.1, 0.15) is 6.11 Å². The summed E-state index contributed by atoms with van der Waals surface area (Å²) in [5, 5.41) is 0. The lowest BCUT2D eigenvalue weighted by Crippen LogP contribution is -1.64. The highest BCUT2D eigenvalue weighted by Crippen LogP contribution is 1.73. The Morgan fingerprint density at radius 2 is 2.50 bits per heavy atom. The van der Waals surface area contributed by atoms with Crippen molar-refractivity contribution in [2.75, 3.05) is 11.5 Å². The zero-order valence-corrected chi connectivity index (χ0v) is 5.65. The number of hydrogen-bond donors (Lipinski definition) is 0. The average molecular weight is 196 g/mol. The maximum absolute atomic E-state index is 4.42. The Hall–Kier alpha value is 0.0900. The van der Waals surface area contributed by atoms with Crippen LogP contribution in [0.2, 0.25) is 0 Å². The minimum atomic E-state index is 0.839. The molecule has 0 rings (SSSR count). The summed E-state index contributed by atoms with van der Waals surface area (Å²) in [6, 6.07) is 0. The summed E-state index contributed by atoms with van der Waals surface area (Å²) in [5.74, 6) is 2.71. The van der Waals surface area contributed by atoms with Crippen molar-refractivity contribution in [3.8, 4) is 12.0 Å². The van der Waals surface area contributed by atoms with Gasteiger partial charge in [-0.2, -0.15) is 0 Å². The molecule has 0 aliphatic carbocycles. The Morgan fingerprint density at radius 3 is 2.67 bits per heavy atom. The van der Waals surface area contributed by atoms with Crippen LogP contribution >= 0.6 is 22.6 Å². The first kappa shape index (κ1) is 6.09. The molecule has 2 heteroatoms. The van der Waals surface area contributed by atoms with Crippen molar-refractivity contribution in [3.05, 3.63) is 0 Å². The third-order valence-electron chi connectivity index (χ3n) is 0.241. The van der Waals surface area contributed by atoms with Crippen molar-refractivity contribution < 1.29 is 4.74 Å². The fourth-order valence-corrected chi connectivity index (χ4v) is 0.255. The van der Waals surface area contributed by atoms with Gasteiger partial charge in [-0.1, -0.05) is 22.6 Å². The normalized spacial score (nSPS) is 5.67. The molecule has 0 saturated heterocycles. The summed E-state index contributed by atoms with van der Waals surface area (Å²) in [4.78, 5) is 0. The zero-order chi connectivity index (χ0) is 4.83. The Morgan fingerprint density at radius 1 is 1.83 bits per heavy atom. The van der Waals surface area contributed by atoms with Gasteiger partial charge in [0, 0.05) is 0 Å². The number of alkyl halides is 1. The van der Waals surface area contributed by atoms with E-state index >= 15 is 0 Å². The van der Waals surface area contributed by atoms with E-state index in [0.717, 1.165) is 4.43 Å². The quantitative estimate of drug-likeness (QED) is 0.319. The summed E-state index contributed by atoms with van der Waals surface area (Å²) in [7, 11) is 1.55. The molecule has 0 aromatic heterocycles. The monoisotopic (exact) mass is 196 g/mol. The van der Waals surface area contributed by atoms with Gasteiger partial charge in [-0.25, -0.2) is 0 Å². The van der Waals surface area contributed by atoms with E-state index in [-0.39, 0.29) is 0 Å². The van der Waals surface area contributed by atoms with Gasteiger partial charge in [0.05, 0.1) is 11.5 Å². The molecule has 34 valence electrons. The summed E-state index contributed by atoms with van der Waals surface area (Å²) < 4.78 is 5.26. The van der Waals surface area contributed by atoms with E-state index in [1.165, 1.54) is 0 Å². The van der Waals surface area contributed by atoms with Gasteiger partial charge in [-0.15, -0.1) is 0 Å². The molecule has 0 amide bonds. The third kappa shape index (κ3) is 4.09. The third-order valence-corrected chi connectivity index (χ3v) is 0.622. The van der Waals surface area contributed by atoms with Crippen LogP contribution < -0.4 is 0 Å². The first-order valence-electron chi connectivity index (χ1n) is 1.48. The molecule has 0 radical (unpaired) electrons. The second-order valence-electron chi connectivity index (χ2n) is 0.617. The fourth-order valence-electron chi connectivity index (χ4n) is 0.0994. The molecular formula is C4H5IO. The predicted octanol–water partition coefficient (Wildman–Crippen LogP) is 1.03. The van der Waals surface area contributed by atoms with Crippen LogP contribution in [0.1, 0.15) is 0 Å². The Balaban J connectivity index is 2.90. The first-order valence-corrected chi connectivity index (χ1v) is 3.01. The highest BCUT2D eigenvalue weighted by Gasteiger charge is 1.56. The minimum Gasteiger partial charge on any atom is -0.450 e. The first-order chi connectivity index (χ1) is 2.91.